The lowest BCUT2D eigenvalue weighted by molar-refractivity contribution is -0.152. The molecule has 5 heteroatoms. The van der Waals surface area contributed by atoms with Crippen LogP contribution < -0.4 is 5.32 Å². The predicted octanol–water partition coefficient (Wildman–Crippen LogP) is 1.31. The third-order valence-electron chi connectivity index (χ3n) is 5.40. The molecule has 1 saturated carbocycles. The van der Waals surface area contributed by atoms with E-state index < -0.39 is 5.54 Å². The van der Waals surface area contributed by atoms with Gasteiger partial charge in [0, 0.05) is 19.1 Å². The Morgan fingerprint density at radius 2 is 2.05 bits per heavy atom. The van der Waals surface area contributed by atoms with Crippen molar-refractivity contribution in [3.05, 3.63) is 0 Å². The van der Waals surface area contributed by atoms with Gasteiger partial charge in [-0.25, -0.2) is 0 Å². The summed E-state index contributed by atoms with van der Waals surface area (Å²) in [4.78, 5) is 14.9. The lowest BCUT2D eigenvalue weighted by Crippen LogP contribution is -2.60. The molecule has 3 aliphatic rings. The maximum atomic E-state index is 12.3. The molecule has 5 nitrogen and oxygen atoms in total. The number of rotatable bonds is 4. The standard InChI is InChI=1S/C16H28N2O3/c1-3-17-16(15(19)20-2)8-4-5-12(9-16)18-10-13-6-7-14(11-18)21-13/h12-14,17H,3-11H2,1-2H3. The van der Waals surface area contributed by atoms with E-state index in [2.05, 4.69) is 17.1 Å². The monoisotopic (exact) mass is 296 g/mol. The van der Waals surface area contributed by atoms with Gasteiger partial charge >= 0.3 is 5.97 Å². The smallest absolute Gasteiger partial charge is 0.326 e. The van der Waals surface area contributed by atoms with Crippen LogP contribution in [0.1, 0.15) is 45.4 Å². The van der Waals surface area contributed by atoms with Crippen molar-refractivity contribution in [2.45, 2.75) is 69.2 Å². The fourth-order valence-electron chi connectivity index (χ4n) is 4.45. The van der Waals surface area contributed by atoms with Gasteiger partial charge in [-0.2, -0.15) is 0 Å². The zero-order valence-corrected chi connectivity index (χ0v) is 13.3. The Kier molecular flexibility index (Phi) is 4.52. The Morgan fingerprint density at radius 1 is 1.33 bits per heavy atom. The first-order chi connectivity index (χ1) is 10.2. The molecule has 21 heavy (non-hydrogen) atoms. The number of likely N-dealkylation sites (N-methyl/N-ethyl adjacent to an activating group) is 1. The van der Waals surface area contributed by atoms with E-state index in [4.69, 9.17) is 9.47 Å². The van der Waals surface area contributed by atoms with Crippen molar-refractivity contribution in [2.24, 2.45) is 0 Å². The molecule has 120 valence electrons. The second-order valence-corrected chi connectivity index (χ2v) is 6.77. The maximum Gasteiger partial charge on any atom is 0.326 e. The van der Waals surface area contributed by atoms with Gasteiger partial charge in [0.05, 0.1) is 19.3 Å². The van der Waals surface area contributed by atoms with Crippen LogP contribution in [0.4, 0.5) is 0 Å². The Balaban J connectivity index is 1.70. The van der Waals surface area contributed by atoms with Gasteiger partial charge in [-0.15, -0.1) is 0 Å². The van der Waals surface area contributed by atoms with Gasteiger partial charge in [0.1, 0.15) is 5.54 Å². The number of ether oxygens (including phenoxy) is 2. The molecular formula is C16H28N2O3. The minimum atomic E-state index is -0.482. The van der Waals surface area contributed by atoms with Crippen molar-refractivity contribution in [3.8, 4) is 0 Å². The van der Waals surface area contributed by atoms with Crippen molar-refractivity contribution < 1.29 is 14.3 Å². The molecule has 0 amide bonds. The molecular weight excluding hydrogens is 268 g/mol. The quantitative estimate of drug-likeness (QED) is 0.793. The van der Waals surface area contributed by atoms with E-state index in [1.807, 2.05) is 0 Å². The van der Waals surface area contributed by atoms with E-state index in [0.29, 0.717) is 18.2 Å². The topological polar surface area (TPSA) is 50.8 Å². The van der Waals surface area contributed by atoms with Crippen LogP contribution in [0.3, 0.4) is 0 Å². The van der Waals surface area contributed by atoms with Crippen molar-refractivity contribution >= 4 is 5.97 Å². The molecule has 2 saturated heterocycles. The van der Waals surface area contributed by atoms with Crippen LogP contribution in [-0.2, 0) is 14.3 Å². The summed E-state index contributed by atoms with van der Waals surface area (Å²) in [6.07, 6.45) is 7.25. The molecule has 0 aromatic heterocycles. The summed E-state index contributed by atoms with van der Waals surface area (Å²) in [5, 5.41) is 3.42. The fourth-order valence-corrected chi connectivity index (χ4v) is 4.45. The molecule has 0 aromatic rings. The number of carbonyl (C=O) groups is 1. The normalized spacial score (nSPS) is 40.2. The third-order valence-corrected chi connectivity index (χ3v) is 5.40. The van der Waals surface area contributed by atoms with E-state index in [1.54, 1.807) is 0 Å². The van der Waals surface area contributed by atoms with Gasteiger partial charge in [0.15, 0.2) is 0 Å². The second kappa shape index (κ2) is 6.23. The second-order valence-electron chi connectivity index (χ2n) is 6.77. The van der Waals surface area contributed by atoms with Crippen molar-refractivity contribution in [2.75, 3.05) is 26.7 Å². The van der Waals surface area contributed by atoms with E-state index >= 15 is 0 Å². The predicted molar refractivity (Wildman–Crippen MR) is 80.1 cm³/mol. The van der Waals surface area contributed by atoms with Gasteiger partial charge in [-0.3, -0.25) is 9.69 Å². The highest BCUT2D eigenvalue weighted by Crippen LogP contribution is 2.35. The number of fused-ring (bicyclic) bond motifs is 2. The maximum absolute atomic E-state index is 12.3. The van der Waals surface area contributed by atoms with Gasteiger partial charge in [0.25, 0.3) is 0 Å². The summed E-state index contributed by atoms with van der Waals surface area (Å²) in [5.74, 6) is -0.0923. The number of nitrogens with one attached hydrogen (secondary N) is 1. The van der Waals surface area contributed by atoms with Crippen LogP contribution in [-0.4, -0.2) is 61.4 Å². The first kappa shape index (κ1) is 15.3. The van der Waals surface area contributed by atoms with Gasteiger partial charge in [-0.05, 0) is 45.1 Å². The average Bonchev–Trinajstić information content (AvgIpc) is 2.85. The number of methoxy groups -OCH3 is 1. The van der Waals surface area contributed by atoms with Gasteiger partial charge < -0.3 is 14.8 Å². The van der Waals surface area contributed by atoms with Crippen LogP contribution in [0.2, 0.25) is 0 Å². The molecule has 3 rings (SSSR count). The lowest BCUT2D eigenvalue weighted by atomic mass is 9.78. The highest BCUT2D eigenvalue weighted by molar-refractivity contribution is 5.81. The molecule has 4 unspecified atom stereocenters. The number of hydrogen-bond acceptors (Lipinski definition) is 5. The van der Waals surface area contributed by atoms with Crippen LogP contribution >= 0.6 is 0 Å². The average molecular weight is 296 g/mol. The number of nitrogens with zero attached hydrogens (tertiary/aromatic N) is 1. The van der Waals surface area contributed by atoms with Crippen molar-refractivity contribution in [3.63, 3.8) is 0 Å². The zero-order chi connectivity index (χ0) is 14.9. The Labute approximate surface area is 127 Å². The number of hydrogen-bond donors (Lipinski definition) is 1. The molecule has 2 bridgehead atoms. The molecule has 4 atom stereocenters. The van der Waals surface area contributed by atoms with Crippen LogP contribution in [0.5, 0.6) is 0 Å². The van der Waals surface area contributed by atoms with Gasteiger partial charge in [-0.1, -0.05) is 6.92 Å². The van der Waals surface area contributed by atoms with Crippen LogP contribution in [0.25, 0.3) is 0 Å². The summed E-state index contributed by atoms with van der Waals surface area (Å²) in [7, 11) is 1.50. The molecule has 0 aromatic carbocycles. The zero-order valence-electron chi connectivity index (χ0n) is 13.3. The number of esters is 1. The van der Waals surface area contributed by atoms with E-state index in [1.165, 1.54) is 26.4 Å². The van der Waals surface area contributed by atoms with E-state index in [0.717, 1.165) is 38.9 Å². The molecule has 2 aliphatic heterocycles. The molecule has 1 aliphatic carbocycles. The Hall–Kier alpha value is -0.650. The number of morpholine rings is 1. The van der Waals surface area contributed by atoms with E-state index in [-0.39, 0.29) is 5.97 Å². The van der Waals surface area contributed by atoms with Crippen molar-refractivity contribution in [1.29, 1.82) is 0 Å². The first-order valence-electron chi connectivity index (χ1n) is 8.40. The molecule has 3 fully saturated rings. The Morgan fingerprint density at radius 3 is 2.67 bits per heavy atom. The Bertz CT molecular complexity index is 374. The highest BCUT2D eigenvalue weighted by Gasteiger charge is 2.46. The number of likely N-dealkylation sites (tertiary alicyclic amines) is 1. The summed E-state index contributed by atoms with van der Waals surface area (Å²) in [5.41, 5.74) is -0.482. The summed E-state index contributed by atoms with van der Waals surface area (Å²) in [6, 6.07) is 0.476. The highest BCUT2D eigenvalue weighted by atomic mass is 16.5. The third kappa shape index (κ3) is 2.96. The lowest BCUT2D eigenvalue weighted by Gasteiger charge is -2.45. The minimum absolute atomic E-state index is 0.0923. The summed E-state index contributed by atoms with van der Waals surface area (Å²) < 4.78 is 11.0. The largest absolute Gasteiger partial charge is 0.468 e. The van der Waals surface area contributed by atoms with E-state index in [9.17, 15) is 4.79 Å². The molecule has 2 heterocycles. The fraction of sp³-hybridized carbons (Fsp3) is 0.938. The SMILES string of the molecule is CCNC1(C(=O)OC)CCCC(N2CC3CCC(C2)O3)C1. The minimum Gasteiger partial charge on any atom is -0.468 e. The number of carbonyl (C=O) groups excluding carboxylic acids is 1. The van der Waals surface area contributed by atoms with Crippen molar-refractivity contribution in [1.82, 2.24) is 10.2 Å². The molecule has 0 radical (unpaired) electrons. The molecule has 0 spiro atoms. The van der Waals surface area contributed by atoms with Gasteiger partial charge in [0.2, 0.25) is 0 Å². The summed E-state index contributed by atoms with van der Waals surface area (Å²) in [6.45, 7) is 4.93. The van der Waals surface area contributed by atoms with Crippen LogP contribution in [0, 0.1) is 0 Å². The molecule has 1 N–H and O–H groups in total. The first-order valence-corrected chi connectivity index (χ1v) is 8.40. The summed E-state index contributed by atoms with van der Waals surface area (Å²) >= 11 is 0. The van der Waals surface area contributed by atoms with Crippen LogP contribution in [0.15, 0.2) is 0 Å².